The Hall–Kier alpha value is -2.77. The Morgan fingerprint density at radius 3 is 2.93 bits per heavy atom. The predicted molar refractivity (Wildman–Crippen MR) is 106 cm³/mol. The van der Waals surface area contributed by atoms with E-state index in [1.165, 1.54) is 6.92 Å². The number of carbonyl (C=O) groups is 2. The number of primary amides is 1. The van der Waals surface area contributed by atoms with Gasteiger partial charge in [0.25, 0.3) is 0 Å². The molecule has 2 amide bonds. The van der Waals surface area contributed by atoms with Crippen molar-refractivity contribution in [1.82, 2.24) is 10.2 Å². The molecule has 1 unspecified atom stereocenters. The molecule has 148 valence electrons. The standard InChI is InChI=1S/C19H29N5O3/c1-14(25)23-16-6-3-7-17(12-16)27-10-8-22-19(21-2)24-9-4-5-15(13-24)11-18(20)26/h3,6-7,12,15H,4-5,8-11,13H2,1-2H3,(H2,20,26)(H,21,22)(H,23,25). The number of anilines is 1. The molecule has 27 heavy (non-hydrogen) atoms. The molecule has 0 radical (unpaired) electrons. The van der Waals surface area contributed by atoms with E-state index in [1.807, 2.05) is 18.2 Å². The first kappa shape index (κ1) is 20.5. The number of amides is 2. The van der Waals surface area contributed by atoms with E-state index in [0.29, 0.717) is 31.0 Å². The van der Waals surface area contributed by atoms with Crippen LogP contribution in [-0.2, 0) is 9.59 Å². The summed E-state index contributed by atoms with van der Waals surface area (Å²) in [6, 6.07) is 7.28. The lowest BCUT2D eigenvalue weighted by atomic mass is 9.95. The Labute approximate surface area is 160 Å². The third-order valence-corrected chi connectivity index (χ3v) is 4.33. The van der Waals surface area contributed by atoms with Gasteiger partial charge in [-0.15, -0.1) is 0 Å². The molecule has 8 nitrogen and oxygen atoms in total. The second kappa shape index (κ2) is 10.4. The highest BCUT2D eigenvalue weighted by Crippen LogP contribution is 2.19. The van der Waals surface area contributed by atoms with Crippen LogP contribution >= 0.6 is 0 Å². The van der Waals surface area contributed by atoms with E-state index in [9.17, 15) is 9.59 Å². The van der Waals surface area contributed by atoms with Gasteiger partial charge in [0.15, 0.2) is 5.96 Å². The van der Waals surface area contributed by atoms with Gasteiger partial charge >= 0.3 is 0 Å². The fourth-order valence-corrected chi connectivity index (χ4v) is 3.24. The van der Waals surface area contributed by atoms with Crippen molar-refractivity contribution in [2.75, 3.05) is 38.6 Å². The van der Waals surface area contributed by atoms with Gasteiger partial charge in [0.05, 0.1) is 6.54 Å². The molecule has 1 aromatic rings. The van der Waals surface area contributed by atoms with Crippen LogP contribution in [0.2, 0.25) is 0 Å². The van der Waals surface area contributed by atoms with Crippen molar-refractivity contribution in [3.05, 3.63) is 24.3 Å². The first-order chi connectivity index (χ1) is 13.0. The smallest absolute Gasteiger partial charge is 0.221 e. The third-order valence-electron chi connectivity index (χ3n) is 4.33. The maximum Gasteiger partial charge on any atom is 0.221 e. The second-order valence-electron chi connectivity index (χ2n) is 6.66. The summed E-state index contributed by atoms with van der Waals surface area (Å²) in [4.78, 5) is 28.8. The fraction of sp³-hybridized carbons (Fsp3) is 0.526. The minimum Gasteiger partial charge on any atom is -0.492 e. The van der Waals surface area contributed by atoms with Crippen LogP contribution in [-0.4, -0.2) is 56.0 Å². The van der Waals surface area contributed by atoms with E-state index in [2.05, 4.69) is 20.5 Å². The predicted octanol–water partition coefficient (Wildman–Crippen LogP) is 1.19. The quantitative estimate of drug-likeness (QED) is 0.377. The molecule has 4 N–H and O–H groups in total. The number of aliphatic imine (C=N–C) groups is 1. The number of nitrogens with one attached hydrogen (secondary N) is 2. The van der Waals surface area contributed by atoms with Gasteiger partial charge in [-0.2, -0.15) is 0 Å². The van der Waals surface area contributed by atoms with Crippen LogP contribution in [0.4, 0.5) is 5.69 Å². The summed E-state index contributed by atoms with van der Waals surface area (Å²) in [6.07, 6.45) is 2.45. The molecule has 8 heteroatoms. The molecule has 0 spiro atoms. The molecule has 1 aliphatic heterocycles. The van der Waals surface area contributed by atoms with E-state index in [1.54, 1.807) is 13.1 Å². The van der Waals surface area contributed by atoms with E-state index in [4.69, 9.17) is 10.5 Å². The van der Waals surface area contributed by atoms with E-state index < -0.39 is 0 Å². The molecule has 0 aromatic heterocycles. The third kappa shape index (κ3) is 7.16. The molecule has 1 aromatic carbocycles. The first-order valence-electron chi connectivity index (χ1n) is 9.22. The molecule has 0 saturated carbocycles. The maximum atomic E-state index is 11.2. The number of carbonyl (C=O) groups excluding carboxylic acids is 2. The average molecular weight is 375 g/mol. The number of hydrogen-bond acceptors (Lipinski definition) is 4. The highest BCUT2D eigenvalue weighted by molar-refractivity contribution is 5.88. The van der Waals surface area contributed by atoms with E-state index >= 15 is 0 Å². The van der Waals surface area contributed by atoms with Gasteiger partial charge in [0.1, 0.15) is 12.4 Å². The molecule has 1 fully saturated rings. The lowest BCUT2D eigenvalue weighted by molar-refractivity contribution is -0.119. The normalized spacial score (nSPS) is 17.3. The van der Waals surface area contributed by atoms with Crippen molar-refractivity contribution in [2.45, 2.75) is 26.2 Å². The van der Waals surface area contributed by atoms with Gasteiger partial charge in [-0.1, -0.05) is 6.07 Å². The highest BCUT2D eigenvalue weighted by atomic mass is 16.5. The van der Waals surface area contributed by atoms with Crippen LogP contribution in [0.1, 0.15) is 26.2 Å². The summed E-state index contributed by atoms with van der Waals surface area (Å²) < 4.78 is 5.74. The summed E-state index contributed by atoms with van der Waals surface area (Å²) in [7, 11) is 1.75. The number of guanidine groups is 1. The molecular weight excluding hydrogens is 346 g/mol. The Kier molecular flexibility index (Phi) is 7.91. The van der Waals surface area contributed by atoms with Gasteiger partial charge in [-0.05, 0) is 30.9 Å². The van der Waals surface area contributed by atoms with Gasteiger partial charge in [0.2, 0.25) is 11.8 Å². The molecule has 0 bridgehead atoms. The fourth-order valence-electron chi connectivity index (χ4n) is 3.24. The van der Waals surface area contributed by atoms with Crippen LogP contribution in [0.15, 0.2) is 29.3 Å². The van der Waals surface area contributed by atoms with Gasteiger partial charge in [-0.3, -0.25) is 14.6 Å². The Bertz CT molecular complexity index is 677. The summed E-state index contributed by atoms with van der Waals surface area (Å²) in [6.45, 7) is 4.21. The summed E-state index contributed by atoms with van der Waals surface area (Å²) in [5.74, 6) is 1.41. The second-order valence-corrected chi connectivity index (χ2v) is 6.66. The zero-order valence-electron chi connectivity index (χ0n) is 16.0. The average Bonchev–Trinajstić information content (AvgIpc) is 2.61. The van der Waals surface area contributed by atoms with Crippen molar-refractivity contribution in [3.8, 4) is 5.75 Å². The Balaban J connectivity index is 1.78. The van der Waals surface area contributed by atoms with E-state index in [0.717, 1.165) is 31.9 Å². The topological polar surface area (TPSA) is 109 Å². The number of piperidine rings is 1. The number of rotatable bonds is 7. The zero-order chi connectivity index (χ0) is 19.6. The molecular formula is C19H29N5O3. The van der Waals surface area contributed by atoms with E-state index in [-0.39, 0.29) is 17.7 Å². The summed E-state index contributed by atoms with van der Waals surface area (Å²) in [5, 5.41) is 6.03. The number of ether oxygens (including phenoxy) is 1. The number of nitrogens with two attached hydrogens (primary N) is 1. The lowest BCUT2D eigenvalue weighted by Crippen LogP contribution is -2.48. The number of benzene rings is 1. The van der Waals surface area contributed by atoms with Gasteiger partial charge in [-0.25, -0.2) is 0 Å². The van der Waals surface area contributed by atoms with Crippen molar-refractivity contribution in [1.29, 1.82) is 0 Å². The monoisotopic (exact) mass is 375 g/mol. The maximum absolute atomic E-state index is 11.2. The van der Waals surface area contributed by atoms with Crippen LogP contribution in [0, 0.1) is 5.92 Å². The highest BCUT2D eigenvalue weighted by Gasteiger charge is 2.23. The minimum atomic E-state index is -0.250. The molecule has 1 aliphatic rings. The minimum absolute atomic E-state index is 0.117. The van der Waals surface area contributed by atoms with Crippen LogP contribution in [0.3, 0.4) is 0 Å². The molecule has 0 aliphatic carbocycles. The van der Waals surface area contributed by atoms with Crippen molar-refractivity contribution < 1.29 is 14.3 Å². The zero-order valence-corrected chi connectivity index (χ0v) is 16.0. The number of likely N-dealkylation sites (tertiary alicyclic amines) is 1. The number of nitrogens with zero attached hydrogens (tertiary/aromatic N) is 2. The van der Waals surface area contributed by atoms with Crippen LogP contribution in [0.25, 0.3) is 0 Å². The Morgan fingerprint density at radius 1 is 1.41 bits per heavy atom. The number of hydrogen-bond donors (Lipinski definition) is 3. The molecule has 1 saturated heterocycles. The van der Waals surface area contributed by atoms with Crippen molar-refractivity contribution in [2.24, 2.45) is 16.6 Å². The molecule has 2 rings (SSSR count). The molecule has 1 heterocycles. The largest absolute Gasteiger partial charge is 0.492 e. The van der Waals surface area contributed by atoms with Crippen LogP contribution in [0.5, 0.6) is 5.75 Å². The lowest BCUT2D eigenvalue weighted by Gasteiger charge is -2.34. The van der Waals surface area contributed by atoms with Gasteiger partial charge < -0.3 is 26.0 Å². The van der Waals surface area contributed by atoms with Crippen LogP contribution < -0.4 is 21.1 Å². The van der Waals surface area contributed by atoms with Crippen molar-refractivity contribution in [3.63, 3.8) is 0 Å². The summed E-state index contributed by atoms with van der Waals surface area (Å²) in [5.41, 5.74) is 6.03. The SMILES string of the molecule is CN=C(NCCOc1cccc(NC(C)=O)c1)N1CCCC(CC(N)=O)C1. The summed E-state index contributed by atoms with van der Waals surface area (Å²) >= 11 is 0. The molecule has 1 atom stereocenters. The van der Waals surface area contributed by atoms with Gasteiger partial charge in [0, 0.05) is 45.2 Å². The first-order valence-corrected chi connectivity index (χ1v) is 9.22. The Morgan fingerprint density at radius 2 is 2.22 bits per heavy atom. The van der Waals surface area contributed by atoms with Crippen molar-refractivity contribution >= 4 is 23.5 Å².